The number of hydrogen-bond donors (Lipinski definition) is 2. The van der Waals surface area contributed by atoms with Gasteiger partial charge < -0.3 is 15.3 Å². The topological polar surface area (TPSA) is 69.6 Å². The number of aliphatic carboxylic acids is 1. The highest BCUT2D eigenvalue weighted by Crippen LogP contribution is 2.25. The number of amides is 2. The number of carboxylic acids is 1. The van der Waals surface area contributed by atoms with Crippen LogP contribution >= 0.6 is 0 Å². The highest BCUT2D eigenvalue weighted by Gasteiger charge is 2.35. The molecule has 0 rings (SSSR count). The van der Waals surface area contributed by atoms with Gasteiger partial charge in [0.15, 0.2) is 0 Å². The number of nitrogens with one attached hydrogen (secondary N) is 1. The second kappa shape index (κ2) is 8.02. The second-order valence-electron chi connectivity index (χ2n) is 5.35. The average molecular weight is 272 g/mol. The van der Waals surface area contributed by atoms with E-state index in [9.17, 15) is 14.7 Å². The Balaban J connectivity index is 4.45. The van der Waals surface area contributed by atoms with Crippen molar-refractivity contribution in [2.45, 2.75) is 47.0 Å². The number of nitrogens with zero attached hydrogens (tertiary/aromatic N) is 1. The molecule has 0 radical (unpaired) electrons. The summed E-state index contributed by atoms with van der Waals surface area (Å²) in [5.41, 5.74) is -0.854. The molecule has 5 heteroatoms. The third-order valence-electron chi connectivity index (χ3n) is 4.01. The van der Waals surface area contributed by atoms with Crippen LogP contribution in [0.1, 0.15) is 47.0 Å². The van der Waals surface area contributed by atoms with Gasteiger partial charge >= 0.3 is 12.0 Å². The molecule has 1 unspecified atom stereocenters. The Kier molecular flexibility index (Phi) is 7.49. The number of urea groups is 1. The lowest BCUT2D eigenvalue weighted by atomic mass is 9.82. The van der Waals surface area contributed by atoms with Crippen molar-refractivity contribution in [3.05, 3.63) is 0 Å². The lowest BCUT2D eigenvalue weighted by Crippen LogP contribution is -2.47. The second-order valence-corrected chi connectivity index (χ2v) is 5.35. The van der Waals surface area contributed by atoms with Gasteiger partial charge in [0.1, 0.15) is 0 Å². The van der Waals surface area contributed by atoms with Crippen LogP contribution in [0.15, 0.2) is 0 Å². The van der Waals surface area contributed by atoms with E-state index in [1.165, 1.54) is 0 Å². The van der Waals surface area contributed by atoms with Crippen LogP contribution in [-0.2, 0) is 4.79 Å². The molecule has 0 heterocycles. The zero-order valence-corrected chi connectivity index (χ0v) is 12.8. The number of hydrogen-bond acceptors (Lipinski definition) is 2. The molecule has 0 aliphatic carbocycles. The molecular formula is C14H28N2O3. The molecule has 5 nitrogen and oxygen atoms in total. The maximum absolute atomic E-state index is 11.9. The fraction of sp³-hybridized carbons (Fsp3) is 0.857. The summed E-state index contributed by atoms with van der Waals surface area (Å²) in [4.78, 5) is 24.9. The number of carboxylic acid groups (broad SMARTS) is 1. The zero-order chi connectivity index (χ0) is 15.1. The van der Waals surface area contributed by atoms with Crippen molar-refractivity contribution in [3.63, 3.8) is 0 Å². The first-order valence-electron chi connectivity index (χ1n) is 7.05. The molecule has 2 N–H and O–H groups in total. The number of carbonyl (C=O) groups excluding carboxylic acids is 1. The molecular weight excluding hydrogens is 244 g/mol. The van der Waals surface area contributed by atoms with E-state index >= 15 is 0 Å². The number of rotatable bonds is 8. The molecule has 1 atom stereocenters. The summed E-state index contributed by atoms with van der Waals surface area (Å²) < 4.78 is 0. The van der Waals surface area contributed by atoms with Gasteiger partial charge in [0.25, 0.3) is 0 Å². The Labute approximate surface area is 116 Å². The predicted octanol–water partition coefficient (Wildman–Crippen LogP) is 2.56. The van der Waals surface area contributed by atoms with E-state index in [1.807, 2.05) is 13.8 Å². The molecule has 19 heavy (non-hydrogen) atoms. The van der Waals surface area contributed by atoms with Crippen LogP contribution in [0.3, 0.4) is 0 Å². The Morgan fingerprint density at radius 2 is 1.79 bits per heavy atom. The van der Waals surface area contributed by atoms with Crippen LogP contribution < -0.4 is 5.32 Å². The van der Waals surface area contributed by atoms with E-state index in [0.717, 1.165) is 6.42 Å². The summed E-state index contributed by atoms with van der Waals surface area (Å²) in [5, 5.41) is 12.0. The Morgan fingerprint density at radius 1 is 1.26 bits per heavy atom. The summed E-state index contributed by atoms with van der Waals surface area (Å²) >= 11 is 0. The van der Waals surface area contributed by atoms with Gasteiger partial charge in [-0.2, -0.15) is 0 Å². The number of carbonyl (C=O) groups is 2. The quantitative estimate of drug-likeness (QED) is 0.713. The largest absolute Gasteiger partial charge is 0.481 e. The first kappa shape index (κ1) is 17.7. The molecule has 0 bridgehead atoms. The molecule has 2 amide bonds. The first-order chi connectivity index (χ1) is 8.82. The van der Waals surface area contributed by atoms with Gasteiger partial charge in [-0.15, -0.1) is 0 Å². The van der Waals surface area contributed by atoms with Gasteiger partial charge in [0.2, 0.25) is 0 Å². The molecule has 0 spiro atoms. The van der Waals surface area contributed by atoms with Crippen molar-refractivity contribution in [3.8, 4) is 0 Å². The summed E-state index contributed by atoms with van der Waals surface area (Å²) in [5.74, 6) is -0.403. The minimum Gasteiger partial charge on any atom is -0.481 e. The van der Waals surface area contributed by atoms with Gasteiger partial charge in [-0.3, -0.25) is 4.79 Å². The van der Waals surface area contributed by atoms with Gasteiger partial charge in [-0.1, -0.05) is 34.1 Å². The van der Waals surface area contributed by atoms with Gasteiger partial charge in [0, 0.05) is 20.1 Å². The molecule has 0 saturated heterocycles. The smallest absolute Gasteiger partial charge is 0.317 e. The van der Waals surface area contributed by atoms with Gasteiger partial charge in [-0.25, -0.2) is 4.79 Å². The highest BCUT2D eigenvalue weighted by molar-refractivity contribution is 5.78. The van der Waals surface area contributed by atoms with E-state index in [2.05, 4.69) is 19.2 Å². The Bertz CT molecular complexity index is 301. The van der Waals surface area contributed by atoms with Crippen molar-refractivity contribution < 1.29 is 14.7 Å². The standard InChI is InChI=1S/C14H28N2O3/c1-6-11(4)9-16(5)13(19)15-10-14(7-2,8-3)12(17)18/h11H,6-10H2,1-5H3,(H,15,19)(H,17,18). The molecule has 0 aromatic rings. The van der Waals surface area contributed by atoms with E-state index in [-0.39, 0.29) is 12.6 Å². The van der Waals surface area contributed by atoms with Crippen LogP contribution in [-0.4, -0.2) is 42.1 Å². The zero-order valence-electron chi connectivity index (χ0n) is 12.8. The van der Waals surface area contributed by atoms with Crippen molar-refractivity contribution in [2.75, 3.05) is 20.1 Å². The molecule has 0 aliphatic heterocycles. The minimum atomic E-state index is -0.854. The van der Waals surface area contributed by atoms with Crippen molar-refractivity contribution >= 4 is 12.0 Å². The van der Waals surface area contributed by atoms with E-state index in [1.54, 1.807) is 11.9 Å². The summed E-state index contributed by atoms with van der Waals surface area (Å²) in [6, 6.07) is -0.201. The third kappa shape index (κ3) is 5.09. The van der Waals surface area contributed by atoms with Crippen LogP contribution in [0, 0.1) is 11.3 Å². The third-order valence-corrected chi connectivity index (χ3v) is 4.01. The fourth-order valence-corrected chi connectivity index (χ4v) is 1.94. The van der Waals surface area contributed by atoms with E-state index in [0.29, 0.717) is 25.3 Å². The maximum atomic E-state index is 11.9. The lowest BCUT2D eigenvalue weighted by molar-refractivity contribution is -0.149. The average Bonchev–Trinajstić information content (AvgIpc) is 2.39. The van der Waals surface area contributed by atoms with Gasteiger partial charge in [-0.05, 0) is 18.8 Å². The lowest BCUT2D eigenvalue weighted by Gasteiger charge is -2.28. The molecule has 0 saturated carbocycles. The fourth-order valence-electron chi connectivity index (χ4n) is 1.94. The van der Waals surface area contributed by atoms with Gasteiger partial charge in [0.05, 0.1) is 5.41 Å². The molecule has 0 fully saturated rings. The van der Waals surface area contributed by atoms with Crippen LogP contribution in [0.2, 0.25) is 0 Å². The Hall–Kier alpha value is -1.26. The van der Waals surface area contributed by atoms with Crippen LogP contribution in [0.25, 0.3) is 0 Å². The predicted molar refractivity (Wildman–Crippen MR) is 76.1 cm³/mol. The highest BCUT2D eigenvalue weighted by atomic mass is 16.4. The monoisotopic (exact) mass is 272 g/mol. The molecule has 112 valence electrons. The molecule has 0 aliphatic rings. The normalized spacial score (nSPS) is 12.9. The van der Waals surface area contributed by atoms with Crippen molar-refractivity contribution in [1.82, 2.24) is 10.2 Å². The summed E-state index contributed by atoms with van der Waals surface area (Å²) in [6.07, 6.45) is 2.03. The van der Waals surface area contributed by atoms with Crippen LogP contribution in [0.5, 0.6) is 0 Å². The van der Waals surface area contributed by atoms with E-state index in [4.69, 9.17) is 0 Å². The SMILES string of the molecule is CCC(C)CN(C)C(=O)NCC(CC)(CC)C(=O)O. The Morgan fingerprint density at radius 3 is 2.16 bits per heavy atom. The summed E-state index contributed by atoms with van der Waals surface area (Å²) in [6.45, 7) is 8.71. The molecule has 0 aromatic heterocycles. The van der Waals surface area contributed by atoms with Crippen molar-refractivity contribution in [2.24, 2.45) is 11.3 Å². The minimum absolute atomic E-state index is 0.180. The van der Waals surface area contributed by atoms with Crippen LogP contribution in [0.4, 0.5) is 4.79 Å². The molecule has 0 aromatic carbocycles. The van der Waals surface area contributed by atoms with E-state index < -0.39 is 11.4 Å². The maximum Gasteiger partial charge on any atom is 0.317 e. The summed E-state index contributed by atoms with van der Waals surface area (Å²) in [7, 11) is 1.74. The van der Waals surface area contributed by atoms with Crippen molar-refractivity contribution in [1.29, 1.82) is 0 Å². The first-order valence-corrected chi connectivity index (χ1v) is 7.05.